The van der Waals surface area contributed by atoms with Crippen molar-refractivity contribution in [2.75, 3.05) is 31.4 Å². The molecule has 9 nitrogen and oxygen atoms in total. The molecule has 1 aliphatic heterocycles. The van der Waals surface area contributed by atoms with Crippen LogP contribution in [0, 0.1) is 0 Å². The van der Waals surface area contributed by atoms with Crippen molar-refractivity contribution >= 4 is 29.4 Å². The van der Waals surface area contributed by atoms with Crippen LogP contribution in [-0.2, 0) is 9.53 Å². The van der Waals surface area contributed by atoms with Gasteiger partial charge in [0.15, 0.2) is 0 Å². The van der Waals surface area contributed by atoms with Crippen LogP contribution in [0.4, 0.5) is 21.0 Å². The number of nitrogens with one attached hydrogen (secondary N) is 3. The van der Waals surface area contributed by atoms with Crippen LogP contribution < -0.4 is 20.7 Å². The second-order valence-electron chi connectivity index (χ2n) is 7.45. The van der Waals surface area contributed by atoms with Gasteiger partial charge in [-0.15, -0.1) is 0 Å². The first-order valence-electron chi connectivity index (χ1n) is 10.6. The molecule has 3 N–H and O–H groups in total. The molecule has 1 atom stereocenters. The number of carbonyl (C=O) groups excluding carboxylic acids is 3. The van der Waals surface area contributed by atoms with E-state index in [-0.39, 0.29) is 6.03 Å². The number of urea groups is 2. The van der Waals surface area contributed by atoms with Gasteiger partial charge < -0.3 is 25.4 Å². The molecule has 0 spiro atoms. The highest BCUT2D eigenvalue weighted by atomic mass is 16.5. The van der Waals surface area contributed by atoms with Gasteiger partial charge >= 0.3 is 18.0 Å². The van der Waals surface area contributed by atoms with Crippen molar-refractivity contribution in [2.45, 2.75) is 26.3 Å². The number of ether oxygens (including phenoxy) is 2. The SMILES string of the molecule is CCCN1C(=O)NC(c2ccc(NC(=O)Nc3ccc(OC)cc3)cc2)C(C(=O)OC)=C1C. The fourth-order valence-corrected chi connectivity index (χ4v) is 3.63. The van der Waals surface area contributed by atoms with E-state index in [0.29, 0.717) is 40.5 Å². The van der Waals surface area contributed by atoms with Gasteiger partial charge in [-0.25, -0.2) is 14.4 Å². The van der Waals surface area contributed by atoms with E-state index in [1.54, 1.807) is 67.5 Å². The Morgan fingerprint density at radius 1 is 1.00 bits per heavy atom. The van der Waals surface area contributed by atoms with Crippen molar-refractivity contribution in [3.63, 3.8) is 0 Å². The zero-order valence-corrected chi connectivity index (χ0v) is 19.1. The molecule has 2 aromatic rings. The van der Waals surface area contributed by atoms with E-state index in [4.69, 9.17) is 9.47 Å². The highest BCUT2D eigenvalue weighted by molar-refractivity contribution is 6.00. The summed E-state index contributed by atoms with van der Waals surface area (Å²) in [6.07, 6.45) is 0.753. The monoisotopic (exact) mass is 452 g/mol. The molecule has 0 saturated carbocycles. The van der Waals surface area contributed by atoms with Crippen LogP contribution >= 0.6 is 0 Å². The first kappa shape index (κ1) is 23.6. The van der Waals surface area contributed by atoms with Crippen LogP contribution in [0.5, 0.6) is 5.75 Å². The number of allylic oxidation sites excluding steroid dienone is 1. The largest absolute Gasteiger partial charge is 0.497 e. The van der Waals surface area contributed by atoms with Crippen LogP contribution in [-0.4, -0.2) is 43.7 Å². The number of methoxy groups -OCH3 is 2. The van der Waals surface area contributed by atoms with Crippen LogP contribution in [0.15, 0.2) is 59.8 Å². The maximum Gasteiger partial charge on any atom is 0.337 e. The molecular weight excluding hydrogens is 424 g/mol. The van der Waals surface area contributed by atoms with E-state index < -0.39 is 18.0 Å². The highest BCUT2D eigenvalue weighted by Crippen LogP contribution is 2.32. The van der Waals surface area contributed by atoms with Gasteiger partial charge in [0.2, 0.25) is 0 Å². The maximum atomic E-state index is 12.6. The summed E-state index contributed by atoms with van der Waals surface area (Å²) in [5.41, 5.74) is 2.82. The third-order valence-corrected chi connectivity index (χ3v) is 5.30. The minimum Gasteiger partial charge on any atom is -0.497 e. The van der Waals surface area contributed by atoms with Gasteiger partial charge in [0.25, 0.3) is 0 Å². The Labute approximate surface area is 192 Å². The molecule has 1 heterocycles. The number of nitrogens with zero attached hydrogens (tertiary/aromatic N) is 1. The third-order valence-electron chi connectivity index (χ3n) is 5.30. The van der Waals surface area contributed by atoms with E-state index in [1.165, 1.54) is 7.11 Å². The van der Waals surface area contributed by atoms with Crippen molar-refractivity contribution < 1.29 is 23.9 Å². The van der Waals surface area contributed by atoms with Gasteiger partial charge in [0.1, 0.15) is 5.75 Å². The molecule has 9 heteroatoms. The van der Waals surface area contributed by atoms with Gasteiger partial charge in [-0.1, -0.05) is 19.1 Å². The first-order chi connectivity index (χ1) is 15.9. The third kappa shape index (κ3) is 5.43. The standard InChI is InChI=1S/C24H28N4O5/c1-5-14-28-15(2)20(22(29)33-4)21(27-24(28)31)16-6-8-17(9-7-16)25-23(30)26-18-10-12-19(32-3)13-11-18/h6-13,21H,5,14H2,1-4H3,(H,27,31)(H2,25,26,30). The second kappa shape index (κ2) is 10.5. The van der Waals surface area contributed by atoms with Gasteiger partial charge in [-0.2, -0.15) is 0 Å². The summed E-state index contributed by atoms with van der Waals surface area (Å²) in [6, 6.07) is 12.6. The minimum absolute atomic E-state index is 0.270. The Balaban J connectivity index is 1.75. The Morgan fingerprint density at radius 3 is 2.09 bits per heavy atom. The number of carbonyl (C=O) groups is 3. The first-order valence-corrected chi connectivity index (χ1v) is 10.6. The Hall–Kier alpha value is -4.01. The van der Waals surface area contributed by atoms with Crippen molar-refractivity contribution in [2.24, 2.45) is 0 Å². The molecule has 0 aliphatic carbocycles. The predicted molar refractivity (Wildman–Crippen MR) is 125 cm³/mol. The maximum absolute atomic E-state index is 12.6. The number of hydrogen-bond acceptors (Lipinski definition) is 5. The average molecular weight is 453 g/mol. The van der Waals surface area contributed by atoms with Gasteiger partial charge in [0, 0.05) is 23.6 Å². The van der Waals surface area contributed by atoms with E-state index in [9.17, 15) is 14.4 Å². The highest BCUT2D eigenvalue weighted by Gasteiger charge is 2.35. The van der Waals surface area contributed by atoms with E-state index in [0.717, 1.165) is 6.42 Å². The summed E-state index contributed by atoms with van der Waals surface area (Å²) in [7, 11) is 2.89. The molecule has 0 radical (unpaired) electrons. The van der Waals surface area contributed by atoms with Crippen LogP contribution in [0.25, 0.3) is 0 Å². The molecule has 0 fully saturated rings. The number of anilines is 2. The normalized spacial score (nSPS) is 15.6. The quantitative estimate of drug-likeness (QED) is 0.544. The molecule has 3 rings (SSSR count). The Morgan fingerprint density at radius 2 is 1.58 bits per heavy atom. The molecule has 0 aromatic heterocycles. The Kier molecular flexibility index (Phi) is 7.55. The minimum atomic E-state index is -0.653. The zero-order chi connectivity index (χ0) is 24.0. The van der Waals surface area contributed by atoms with E-state index in [2.05, 4.69) is 16.0 Å². The molecular formula is C24H28N4O5. The number of rotatable bonds is 7. The molecule has 1 aliphatic rings. The lowest BCUT2D eigenvalue weighted by Gasteiger charge is -2.35. The molecule has 0 bridgehead atoms. The second-order valence-corrected chi connectivity index (χ2v) is 7.45. The van der Waals surface area contributed by atoms with Crippen molar-refractivity contribution in [1.29, 1.82) is 0 Å². The number of benzene rings is 2. The lowest BCUT2D eigenvalue weighted by molar-refractivity contribution is -0.136. The summed E-state index contributed by atoms with van der Waals surface area (Å²) in [4.78, 5) is 39.0. The predicted octanol–water partition coefficient (Wildman–Crippen LogP) is 4.26. The molecule has 174 valence electrons. The summed E-state index contributed by atoms with van der Waals surface area (Å²) in [5, 5.41) is 8.38. The van der Waals surface area contributed by atoms with Crippen LogP contribution in [0.1, 0.15) is 31.9 Å². The molecule has 1 unspecified atom stereocenters. The number of amides is 4. The van der Waals surface area contributed by atoms with Crippen molar-refractivity contribution in [1.82, 2.24) is 10.2 Å². The zero-order valence-electron chi connectivity index (χ0n) is 19.1. The fraction of sp³-hybridized carbons (Fsp3) is 0.292. The summed E-state index contributed by atoms with van der Waals surface area (Å²) in [6.45, 7) is 4.20. The fourth-order valence-electron chi connectivity index (χ4n) is 3.63. The summed E-state index contributed by atoms with van der Waals surface area (Å²) in [5.74, 6) is 0.194. The molecule has 2 aromatic carbocycles. The van der Waals surface area contributed by atoms with Gasteiger partial charge in [0.05, 0.1) is 25.8 Å². The lowest BCUT2D eigenvalue weighted by Crippen LogP contribution is -2.48. The summed E-state index contributed by atoms with van der Waals surface area (Å²) >= 11 is 0. The number of esters is 1. The summed E-state index contributed by atoms with van der Waals surface area (Å²) < 4.78 is 10.1. The van der Waals surface area contributed by atoms with E-state index in [1.807, 2.05) is 6.92 Å². The Bertz CT molecular complexity index is 1050. The molecule has 33 heavy (non-hydrogen) atoms. The average Bonchev–Trinajstić information content (AvgIpc) is 2.82. The van der Waals surface area contributed by atoms with Crippen LogP contribution in [0.2, 0.25) is 0 Å². The lowest BCUT2D eigenvalue weighted by atomic mass is 9.94. The van der Waals surface area contributed by atoms with E-state index >= 15 is 0 Å². The van der Waals surface area contributed by atoms with Crippen molar-refractivity contribution in [3.05, 3.63) is 65.4 Å². The molecule has 0 saturated heterocycles. The van der Waals surface area contributed by atoms with Crippen LogP contribution in [0.3, 0.4) is 0 Å². The van der Waals surface area contributed by atoms with Gasteiger partial charge in [-0.05, 0) is 55.3 Å². The van der Waals surface area contributed by atoms with Crippen molar-refractivity contribution in [3.8, 4) is 5.75 Å². The van der Waals surface area contributed by atoms with Gasteiger partial charge in [-0.3, -0.25) is 4.90 Å². The smallest absolute Gasteiger partial charge is 0.337 e. The molecule has 4 amide bonds. The number of hydrogen-bond donors (Lipinski definition) is 3. The topological polar surface area (TPSA) is 109 Å².